The fraction of sp³-hybridized carbons (Fsp3) is 0.348. The molecule has 148 valence electrons. The normalized spacial score (nSPS) is 11.5. The van der Waals surface area contributed by atoms with Crippen LogP contribution in [-0.2, 0) is 20.7 Å². The number of amides is 1. The Labute approximate surface area is 166 Å². The van der Waals surface area contributed by atoms with Gasteiger partial charge in [-0.2, -0.15) is 0 Å². The molecule has 0 saturated heterocycles. The van der Waals surface area contributed by atoms with E-state index >= 15 is 0 Å². The fourth-order valence-corrected chi connectivity index (χ4v) is 2.83. The highest BCUT2D eigenvalue weighted by molar-refractivity contribution is 5.97. The highest BCUT2D eigenvalue weighted by Crippen LogP contribution is 2.12. The number of ketones is 1. The molecule has 0 unspecified atom stereocenters. The van der Waals surface area contributed by atoms with Crippen LogP contribution in [0.5, 0.6) is 0 Å². The van der Waals surface area contributed by atoms with Crippen LogP contribution in [0, 0.1) is 0 Å². The van der Waals surface area contributed by atoms with E-state index in [0.29, 0.717) is 5.56 Å². The fourth-order valence-electron chi connectivity index (χ4n) is 2.83. The van der Waals surface area contributed by atoms with Crippen molar-refractivity contribution in [1.82, 2.24) is 5.32 Å². The predicted molar refractivity (Wildman–Crippen MR) is 108 cm³/mol. The molecule has 0 fully saturated rings. The van der Waals surface area contributed by atoms with Crippen LogP contribution < -0.4 is 5.32 Å². The molecule has 28 heavy (non-hydrogen) atoms. The molecule has 2 rings (SSSR count). The first-order valence-electron chi connectivity index (χ1n) is 9.61. The number of rotatable bonds is 10. The van der Waals surface area contributed by atoms with E-state index in [9.17, 15) is 14.4 Å². The number of hydrogen-bond donors (Lipinski definition) is 1. The molecule has 5 heteroatoms. The summed E-state index contributed by atoms with van der Waals surface area (Å²) in [5, 5.41) is 2.77. The Kier molecular flexibility index (Phi) is 8.40. The van der Waals surface area contributed by atoms with Gasteiger partial charge in [0.05, 0.1) is 12.5 Å². The Hall–Kier alpha value is -2.95. The van der Waals surface area contributed by atoms with E-state index in [4.69, 9.17) is 4.74 Å². The molecule has 0 aliphatic carbocycles. The summed E-state index contributed by atoms with van der Waals surface area (Å²) >= 11 is 0. The summed E-state index contributed by atoms with van der Waals surface area (Å²) in [4.78, 5) is 35.9. The average Bonchev–Trinajstić information content (AvgIpc) is 2.72. The molecule has 2 aromatic rings. The summed E-state index contributed by atoms with van der Waals surface area (Å²) in [5.74, 6) is -1.04. The van der Waals surface area contributed by atoms with Crippen molar-refractivity contribution in [1.29, 1.82) is 0 Å². The van der Waals surface area contributed by atoms with Gasteiger partial charge in [-0.1, -0.05) is 67.9 Å². The molecule has 1 atom stereocenters. The van der Waals surface area contributed by atoms with Crippen molar-refractivity contribution in [2.75, 3.05) is 6.61 Å². The van der Waals surface area contributed by atoms with Crippen molar-refractivity contribution < 1.29 is 19.1 Å². The Bertz CT molecular complexity index is 784. The number of esters is 1. The molecule has 0 spiro atoms. The molecule has 5 nitrogen and oxygen atoms in total. The van der Waals surface area contributed by atoms with Gasteiger partial charge in [0.15, 0.2) is 12.4 Å². The summed E-state index contributed by atoms with van der Waals surface area (Å²) in [6.07, 6.45) is 2.05. The van der Waals surface area contributed by atoms with Crippen LogP contribution in [0.3, 0.4) is 0 Å². The van der Waals surface area contributed by atoms with Gasteiger partial charge in [0, 0.05) is 12.0 Å². The van der Waals surface area contributed by atoms with Crippen molar-refractivity contribution in [3.63, 3.8) is 0 Å². The third kappa shape index (κ3) is 6.99. The summed E-state index contributed by atoms with van der Waals surface area (Å²) < 4.78 is 4.97. The van der Waals surface area contributed by atoms with Crippen molar-refractivity contribution in [3.8, 4) is 0 Å². The zero-order valence-corrected chi connectivity index (χ0v) is 16.4. The second-order valence-electron chi connectivity index (χ2n) is 6.73. The maximum atomic E-state index is 12.2. The molecule has 0 saturated carbocycles. The molecule has 2 aromatic carbocycles. The molecule has 1 amide bonds. The van der Waals surface area contributed by atoms with Crippen molar-refractivity contribution in [2.24, 2.45) is 0 Å². The number of Topliss-reactive ketones (excluding diaryl/α,β-unsaturated/α-hetero) is 1. The maximum absolute atomic E-state index is 12.2. The van der Waals surface area contributed by atoms with Gasteiger partial charge in [0.2, 0.25) is 0 Å². The number of carbonyl (C=O) groups is 3. The van der Waals surface area contributed by atoms with E-state index in [1.165, 1.54) is 5.56 Å². The molecular formula is C23H27NO4. The number of benzene rings is 2. The van der Waals surface area contributed by atoms with E-state index in [1.54, 1.807) is 12.1 Å². The molecular weight excluding hydrogens is 354 g/mol. The smallest absolute Gasteiger partial charge is 0.306 e. The minimum atomic E-state index is -0.557. The molecule has 0 radical (unpaired) electrons. The quantitative estimate of drug-likeness (QED) is 0.498. The van der Waals surface area contributed by atoms with Crippen molar-refractivity contribution >= 4 is 17.7 Å². The van der Waals surface area contributed by atoms with Crippen molar-refractivity contribution in [2.45, 2.75) is 45.6 Å². The third-order valence-corrected chi connectivity index (χ3v) is 4.41. The lowest BCUT2D eigenvalue weighted by molar-refractivity contribution is -0.148. The van der Waals surface area contributed by atoms with Crippen LogP contribution in [0.4, 0.5) is 0 Å². The molecule has 0 heterocycles. The summed E-state index contributed by atoms with van der Waals surface area (Å²) in [7, 11) is 0. The standard InChI is InChI=1S/C23H27NO4/c1-3-7-18-10-12-20(13-11-18)21(25)14-15-23(27)28-16-22(26)24-17(2)19-8-5-4-6-9-19/h4-6,8-13,17H,3,7,14-16H2,1-2H3,(H,24,26)/t17-/m0/s1. The van der Waals surface area contributed by atoms with Crippen LogP contribution in [0.2, 0.25) is 0 Å². The largest absolute Gasteiger partial charge is 0.456 e. The molecule has 0 aliphatic heterocycles. The van der Waals surface area contributed by atoms with Gasteiger partial charge in [0.1, 0.15) is 0 Å². The first-order valence-corrected chi connectivity index (χ1v) is 9.61. The van der Waals surface area contributed by atoms with Gasteiger partial charge in [-0.25, -0.2) is 0 Å². The topological polar surface area (TPSA) is 72.5 Å². The Morgan fingerprint density at radius 2 is 1.64 bits per heavy atom. The Morgan fingerprint density at radius 3 is 2.29 bits per heavy atom. The SMILES string of the molecule is CCCc1ccc(C(=O)CCC(=O)OCC(=O)N[C@@H](C)c2ccccc2)cc1. The van der Waals surface area contributed by atoms with Gasteiger partial charge >= 0.3 is 5.97 Å². The minimum absolute atomic E-state index is 0.0446. The minimum Gasteiger partial charge on any atom is -0.456 e. The van der Waals surface area contributed by atoms with Gasteiger partial charge in [-0.3, -0.25) is 14.4 Å². The van der Waals surface area contributed by atoms with Crippen LogP contribution in [-0.4, -0.2) is 24.3 Å². The maximum Gasteiger partial charge on any atom is 0.306 e. The highest BCUT2D eigenvalue weighted by Gasteiger charge is 2.14. The molecule has 0 aromatic heterocycles. The monoisotopic (exact) mass is 381 g/mol. The number of aryl methyl sites for hydroxylation is 1. The second kappa shape index (κ2) is 11.0. The average molecular weight is 381 g/mol. The molecule has 1 N–H and O–H groups in total. The molecule has 0 aliphatic rings. The lowest BCUT2D eigenvalue weighted by atomic mass is 10.0. The third-order valence-electron chi connectivity index (χ3n) is 4.41. The van der Waals surface area contributed by atoms with E-state index < -0.39 is 5.97 Å². The predicted octanol–water partition coefficient (Wildman–Crippen LogP) is 4.02. The van der Waals surface area contributed by atoms with Crippen LogP contribution in [0.1, 0.15) is 60.6 Å². The van der Waals surface area contributed by atoms with E-state index in [0.717, 1.165) is 18.4 Å². The van der Waals surface area contributed by atoms with Gasteiger partial charge in [-0.05, 0) is 24.5 Å². The number of hydrogen-bond acceptors (Lipinski definition) is 4. The van der Waals surface area contributed by atoms with Gasteiger partial charge in [-0.15, -0.1) is 0 Å². The van der Waals surface area contributed by atoms with Crippen LogP contribution in [0.25, 0.3) is 0 Å². The van der Waals surface area contributed by atoms with Crippen LogP contribution >= 0.6 is 0 Å². The molecule has 0 bridgehead atoms. The number of nitrogens with one attached hydrogen (secondary N) is 1. The Balaban J connectivity index is 1.70. The van der Waals surface area contributed by atoms with Crippen LogP contribution in [0.15, 0.2) is 54.6 Å². The first kappa shape index (κ1) is 21.4. The highest BCUT2D eigenvalue weighted by atomic mass is 16.5. The number of carbonyl (C=O) groups excluding carboxylic acids is 3. The number of ether oxygens (including phenoxy) is 1. The lowest BCUT2D eigenvalue weighted by Crippen LogP contribution is -2.31. The summed E-state index contributed by atoms with van der Waals surface area (Å²) in [6, 6.07) is 16.8. The van der Waals surface area contributed by atoms with E-state index in [2.05, 4.69) is 12.2 Å². The summed E-state index contributed by atoms with van der Waals surface area (Å²) in [6.45, 7) is 3.61. The summed E-state index contributed by atoms with van der Waals surface area (Å²) in [5.41, 5.74) is 2.74. The zero-order valence-electron chi connectivity index (χ0n) is 16.4. The first-order chi connectivity index (χ1) is 13.5. The van der Waals surface area contributed by atoms with E-state index in [-0.39, 0.29) is 37.2 Å². The Morgan fingerprint density at radius 1 is 0.964 bits per heavy atom. The van der Waals surface area contributed by atoms with Crippen molar-refractivity contribution in [3.05, 3.63) is 71.3 Å². The van der Waals surface area contributed by atoms with E-state index in [1.807, 2.05) is 49.4 Å². The lowest BCUT2D eigenvalue weighted by Gasteiger charge is -2.14. The van der Waals surface area contributed by atoms with Gasteiger partial charge in [0.25, 0.3) is 5.91 Å². The second-order valence-corrected chi connectivity index (χ2v) is 6.73. The van der Waals surface area contributed by atoms with Gasteiger partial charge < -0.3 is 10.1 Å². The zero-order chi connectivity index (χ0) is 20.4.